The standard InChI is InChI=1S/C29H32BNO5/c1-28(2)29(3,4)36-30(35-28)22-17-15-20(16-18-22)19-25(27(33)34-5)31-24-14-10-9-13-23(24)26(32)21-11-7-6-8-12-21/h6-18,25,31H,19H2,1-5H3/t25-/m0/s1. The summed E-state index contributed by atoms with van der Waals surface area (Å²) in [5, 5.41) is 3.24. The maximum Gasteiger partial charge on any atom is 0.494 e. The molecule has 3 aromatic rings. The highest BCUT2D eigenvalue weighted by Crippen LogP contribution is 2.36. The number of nitrogens with one attached hydrogen (secondary N) is 1. The van der Waals surface area contributed by atoms with E-state index in [0.717, 1.165) is 11.0 Å². The summed E-state index contributed by atoms with van der Waals surface area (Å²) < 4.78 is 17.3. The van der Waals surface area contributed by atoms with Crippen LogP contribution in [-0.2, 0) is 25.3 Å². The summed E-state index contributed by atoms with van der Waals surface area (Å²) in [7, 11) is 0.911. The normalized spacial score (nSPS) is 16.9. The third-order valence-corrected chi connectivity index (χ3v) is 6.97. The number of esters is 1. The van der Waals surface area contributed by atoms with Crippen LogP contribution in [0.4, 0.5) is 5.69 Å². The molecular weight excluding hydrogens is 453 g/mol. The van der Waals surface area contributed by atoms with Crippen LogP contribution >= 0.6 is 0 Å². The molecule has 1 atom stereocenters. The molecule has 1 saturated heterocycles. The molecule has 1 aliphatic rings. The van der Waals surface area contributed by atoms with Gasteiger partial charge in [0.15, 0.2) is 5.78 Å². The molecule has 6 nitrogen and oxygen atoms in total. The number of carbonyl (C=O) groups is 2. The summed E-state index contributed by atoms with van der Waals surface area (Å²) in [5.41, 5.74) is 2.68. The van der Waals surface area contributed by atoms with Crippen LogP contribution < -0.4 is 10.8 Å². The maximum absolute atomic E-state index is 13.1. The second-order valence-corrected chi connectivity index (χ2v) is 9.99. The van der Waals surface area contributed by atoms with Crippen LogP contribution in [0.5, 0.6) is 0 Å². The fourth-order valence-corrected chi connectivity index (χ4v) is 4.10. The number of rotatable bonds is 8. The van der Waals surface area contributed by atoms with Gasteiger partial charge in [0.25, 0.3) is 0 Å². The minimum absolute atomic E-state index is 0.117. The van der Waals surface area contributed by atoms with Gasteiger partial charge in [0.05, 0.1) is 18.3 Å². The Morgan fingerprint density at radius 2 is 1.44 bits per heavy atom. The van der Waals surface area contributed by atoms with Crippen molar-refractivity contribution < 1.29 is 23.6 Å². The summed E-state index contributed by atoms with van der Waals surface area (Å²) in [6.07, 6.45) is 0.379. The van der Waals surface area contributed by atoms with Gasteiger partial charge in [-0.1, -0.05) is 66.7 Å². The Morgan fingerprint density at radius 1 is 0.861 bits per heavy atom. The highest BCUT2D eigenvalue weighted by molar-refractivity contribution is 6.62. The Bertz CT molecular complexity index is 1210. The quantitative estimate of drug-likeness (QED) is 0.290. The van der Waals surface area contributed by atoms with Crippen molar-refractivity contribution in [2.45, 2.75) is 51.4 Å². The molecule has 4 rings (SSSR count). The van der Waals surface area contributed by atoms with Gasteiger partial charge in [-0.15, -0.1) is 0 Å². The lowest BCUT2D eigenvalue weighted by Crippen LogP contribution is -2.41. The Hall–Kier alpha value is -3.42. The van der Waals surface area contributed by atoms with Crippen molar-refractivity contribution in [2.75, 3.05) is 12.4 Å². The molecule has 36 heavy (non-hydrogen) atoms. The van der Waals surface area contributed by atoms with Crippen LogP contribution in [0.3, 0.4) is 0 Å². The SMILES string of the molecule is COC(=O)[C@H](Cc1ccc(B2OC(C)(C)C(C)(C)O2)cc1)Nc1ccccc1C(=O)c1ccccc1. The van der Waals surface area contributed by atoms with Crippen LogP contribution in [0.2, 0.25) is 0 Å². The predicted octanol–water partition coefficient (Wildman–Crippen LogP) is 4.41. The van der Waals surface area contributed by atoms with Gasteiger partial charge in [-0.2, -0.15) is 0 Å². The minimum atomic E-state index is -0.678. The number of hydrogen-bond acceptors (Lipinski definition) is 6. The maximum atomic E-state index is 13.1. The number of para-hydroxylation sites is 1. The van der Waals surface area contributed by atoms with E-state index in [9.17, 15) is 9.59 Å². The lowest BCUT2D eigenvalue weighted by molar-refractivity contribution is -0.141. The van der Waals surface area contributed by atoms with Crippen LogP contribution in [-0.4, -0.2) is 43.2 Å². The number of ether oxygens (including phenoxy) is 1. The monoisotopic (exact) mass is 485 g/mol. The van der Waals surface area contributed by atoms with E-state index in [0.29, 0.717) is 23.2 Å². The Labute approximate surface area is 213 Å². The van der Waals surface area contributed by atoms with Crippen LogP contribution in [0.15, 0.2) is 78.9 Å². The smallest absolute Gasteiger partial charge is 0.467 e. The number of methoxy groups -OCH3 is 1. The summed E-state index contributed by atoms with van der Waals surface area (Å²) in [4.78, 5) is 25.8. The van der Waals surface area contributed by atoms with E-state index in [4.69, 9.17) is 14.0 Å². The molecule has 0 amide bonds. The molecule has 1 aliphatic heterocycles. The first-order valence-electron chi connectivity index (χ1n) is 12.1. The van der Waals surface area contributed by atoms with Gasteiger partial charge in [-0.05, 0) is 50.9 Å². The highest BCUT2D eigenvalue weighted by Gasteiger charge is 2.51. The van der Waals surface area contributed by atoms with E-state index in [1.807, 2.05) is 82.3 Å². The topological polar surface area (TPSA) is 73.9 Å². The molecule has 0 radical (unpaired) electrons. The number of anilines is 1. The van der Waals surface area contributed by atoms with E-state index in [2.05, 4.69) is 5.32 Å². The molecular formula is C29H32BNO5. The Balaban J connectivity index is 1.52. The zero-order chi connectivity index (χ0) is 25.9. The molecule has 186 valence electrons. The van der Waals surface area contributed by atoms with Crippen LogP contribution in [0.1, 0.15) is 49.2 Å². The number of hydrogen-bond donors (Lipinski definition) is 1. The van der Waals surface area contributed by atoms with E-state index in [1.54, 1.807) is 24.3 Å². The second kappa shape index (κ2) is 10.3. The fourth-order valence-electron chi connectivity index (χ4n) is 4.10. The van der Waals surface area contributed by atoms with E-state index >= 15 is 0 Å². The molecule has 0 aliphatic carbocycles. The van der Waals surface area contributed by atoms with Crippen molar-refractivity contribution in [3.05, 3.63) is 95.6 Å². The van der Waals surface area contributed by atoms with Crippen LogP contribution in [0, 0.1) is 0 Å². The average Bonchev–Trinajstić information content (AvgIpc) is 3.10. The molecule has 0 bridgehead atoms. The van der Waals surface area contributed by atoms with Crippen molar-refractivity contribution in [1.29, 1.82) is 0 Å². The molecule has 0 unspecified atom stereocenters. The third-order valence-electron chi connectivity index (χ3n) is 6.97. The molecule has 0 spiro atoms. The second-order valence-electron chi connectivity index (χ2n) is 9.99. The lowest BCUT2D eigenvalue weighted by atomic mass is 9.78. The van der Waals surface area contributed by atoms with Gasteiger partial charge < -0.3 is 19.4 Å². The summed E-state index contributed by atoms with van der Waals surface area (Å²) in [6.45, 7) is 8.09. The van der Waals surface area contributed by atoms with Gasteiger partial charge in [0.1, 0.15) is 6.04 Å². The first-order chi connectivity index (χ1) is 17.1. The molecule has 0 aromatic heterocycles. The van der Waals surface area contributed by atoms with Crippen molar-refractivity contribution in [3.8, 4) is 0 Å². The minimum Gasteiger partial charge on any atom is -0.467 e. The first kappa shape index (κ1) is 25.7. The first-order valence-corrected chi connectivity index (χ1v) is 12.1. The number of ketones is 1. The molecule has 7 heteroatoms. The summed E-state index contributed by atoms with van der Waals surface area (Å²) >= 11 is 0. The van der Waals surface area contributed by atoms with Gasteiger partial charge in [0, 0.05) is 23.2 Å². The van der Waals surface area contributed by atoms with Gasteiger partial charge in [0.2, 0.25) is 0 Å². The highest BCUT2D eigenvalue weighted by atomic mass is 16.7. The molecule has 1 N–H and O–H groups in total. The zero-order valence-corrected chi connectivity index (χ0v) is 21.4. The van der Waals surface area contributed by atoms with Gasteiger partial charge in [-0.3, -0.25) is 4.79 Å². The molecule has 1 fully saturated rings. The third kappa shape index (κ3) is 5.37. The largest absolute Gasteiger partial charge is 0.494 e. The molecule has 1 heterocycles. The van der Waals surface area contributed by atoms with Crippen molar-refractivity contribution >= 4 is 30.0 Å². The summed E-state index contributed by atoms with van der Waals surface area (Å²) in [5.74, 6) is -0.527. The zero-order valence-electron chi connectivity index (χ0n) is 21.4. The van der Waals surface area contributed by atoms with Crippen molar-refractivity contribution in [3.63, 3.8) is 0 Å². The van der Waals surface area contributed by atoms with Crippen molar-refractivity contribution in [2.24, 2.45) is 0 Å². The van der Waals surface area contributed by atoms with E-state index in [-0.39, 0.29) is 5.78 Å². The van der Waals surface area contributed by atoms with Crippen LogP contribution in [0.25, 0.3) is 0 Å². The molecule has 0 saturated carbocycles. The lowest BCUT2D eigenvalue weighted by Gasteiger charge is -2.32. The Kier molecular flexibility index (Phi) is 7.34. The number of carbonyl (C=O) groups excluding carboxylic acids is 2. The van der Waals surface area contributed by atoms with E-state index < -0.39 is 30.3 Å². The number of benzene rings is 3. The summed E-state index contributed by atoms with van der Waals surface area (Å²) in [6, 6.07) is 23.4. The van der Waals surface area contributed by atoms with Gasteiger partial charge >= 0.3 is 13.1 Å². The van der Waals surface area contributed by atoms with Gasteiger partial charge in [-0.25, -0.2) is 4.79 Å². The van der Waals surface area contributed by atoms with E-state index in [1.165, 1.54) is 7.11 Å². The predicted molar refractivity (Wildman–Crippen MR) is 142 cm³/mol. The molecule has 3 aromatic carbocycles. The Morgan fingerprint density at radius 3 is 2.06 bits per heavy atom. The average molecular weight is 485 g/mol. The fraction of sp³-hybridized carbons (Fsp3) is 0.310. The van der Waals surface area contributed by atoms with Crippen molar-refractivity contribution in [1.82, 2.24) is 0 Å².